The summed E-state index contributed by atoms with van der Waals surface area (Å²) in [5.41, 5.74) is 0. The van der Waals surface area contributed by atoms with Crippen molar-refractivity contribution in [3.63, 3.8) is 0 Å². The van der Waals surface area contributed by atoms with Gasteiger partial charge < -0.3 is 14.2 Å². The summed E-state index contributed by atoms with van der Waals surface area (Å²) in [6.45, 7) is 6.62. The van der Waals surface area contributed by atoms with Crippen molar-refractivity contribution < 1.29 is 28.6 Å². The molecule has 0 aliphatic rings. The van der Waals surface area contributed by atoms with E-state index in [1.54, 1.807) is 0 Å². The fraction of sp³-hybridized carbons (Fsp3) is 0.839. The highest BCUT2D eigenvalue weighted by molar-refractivity contribution is 5.71. The van der Waals surface area contributed by atoms with E-state index in [4.69, 9.17) is 14.2 Å². The van der Waals surface area contributed by atoms with Gasteiger partial charge in [0.1, 0.15) is 13.2 Å². The Morgan fingerprint density at radius 1 is 0.323 bits per heavy atom. The molecule has 62 heavy (non-hydrogen) atoms. The van der Waals surface area contributed by atoms with Crippen LogP contribution in [0.3, 0.4) is 0 Å². The number of unbranched alkanes of at least 4 members (excludes halogenated alkanes) is 32. The van der Waals surface area contributed by atoms with Crippen LogP contribution in [0.4, 0.5) is 0 Å². The number of esters is 3. The van der Waals surface area contributed by atoms with Gasteiger partial charge in [-0.1, -0.05) is 224 Å². The Bertz CT molecular complexity index is 1050. The number of ether oxygens (including phenoxy) is 3. The summed E-state index contributed by atoms with van der Waals surface area (Å²) in [6, 6.07) is 0. The summed E-state index contributed by atoms with van der Waals surface area (Å²) in [5, 5.41) is 0. The first-order valence-corrected chi connectivity index (χ1v) is 27.0. The van der Waals surface area contributed by atoms with E-state index in [-0.39, 0.29) is 31.1 Å². The summed E-state index contributed by atoms with van der Waals surface area (Å²) in [6.07, 6.45) is 59.8. The van der Waals surface area contributed by atoms with E-state index < -0.39 is 6.10 Å². The molecule has 6 heteroatoms. The topological polar surface area (TPSA) is 78.9 Å². The Labute approximate surface area is 385 Å². The molecule has 0 aromatic rings. The molecule has 0 aromatic carbocycles. The molecule has 0 spiro atoms. The van der Waals surface area contributed by atoms with Gasteiger partial charge in [-0.2, -0.15) is 0 Å². The van der Waals surface area contributed by atoms with E-state index in [0.29, 0.717) is 19.3 Å². The van der Waals surface area contributed by atoms with Gasteiger partial charge in [-0.05, 0) is 77.0 Å². The van der Waals surface area contributed by atoms with Crippen molar-refractivity contribution in [3.8, 4) is 0 Å². The molecule has 1 unspecified atom stereocenters. The molecule has 0 aliphatic heterocycles. The monoisotopic (exact) mass is 871 g/mol. The van der Waals surface area contributed by atoms with Crippen molar-refractivity contribution in [3.05, 3.63) is 36.5 Å². The first-order chi connectivity index (χ1) is 30.5. The van der Waals surface area contributed by atoms with Crippen LogP contribution in [0.25, 0.3) is 0 Å². The second kappa shape index (κ2) is 51.3. The van der Waals surface area contributed by atoms with E-state index in [9.17, 15) is 14.4 Å². The molecular weight excluding hydrogens is 769 g/mol. The zero-order valence-electron chi connectivity index (χ0n) is 41.4. The predicted octanol–water partition coefficient (Wildman–Crippen LogP) is 17.7. The van der Waals surface area contributed by atoms with Crippen molar-refractivity contribution in [2.24, 2.45) is 0 Å². The molecule has 0 rings (SSSR count). The normalized spacial score (nSPS) is 12.2. The maximum absolute atomic E-state index is 12.8. The average Bonchev–Trinajstić information content (AvgIpc) is 3.27. The lowest BCUT2D eigenvalue weighted by Gasteiger charge is -2.18. The maximum Gasteiger partial charge on any atom is 0.306 e. The molecule has 0 radical (unpaired) electrons. The molecule has 362 valence electrons. The Kier molecular flexibility index (Phi) is 49.3. The van der Waals surface area contributed by atoms with Crippen molar-refractivity contribution >= 4 is 17.9 Å². The number of rotatable bonds is 49. The smallest absolute Gasteiger partial charge is 0.306 e. The van der Waals surface area contributed by atoms with Gasteiger partial charge in [0.15, 0.2) is 6.10 Å². The van der Waals surface area contributed by atoms with E-state index in [1.165, 1.54) is 167 Å². The predicted molar refractivity (Wildman–Crippen MR) is 266 cm³/mol. The van der Waals surface area contributed by atoms with Gasteiger partial charge in [0.05, 0.1) is 0 Å². The third-order valence-corrected chi connectivity index (χ3v) is 11.9. The fourth-order valence-corrected chi connectivity index (χ4v) is 7.76. The zero-order valence-corrected chi connectivity index (χ0v) is 41.4. The van der Waals surface area contributed by atoms with E-state index >= 15 is 0 Å². The maximum atomic E-state index is 12.8. The van der Waals surface area contributed by atoms with Crippen molar-refractivity contribution in [1.29, 1.82) is 0 Å². The van der Waals surface area contributed by atoms with Crippen LogP contribution >= 0.6 is 0 Å². The first-order valence-electron chi connectivity index (χ1n) is 27.0. The number of hydrogen-bond donors (Lipinski definition) is 0. The van der Waals surface area contributed by atoms with Gasteiger partial charge in [-0.25, -0.2) is 0 Å². The SMILES string of the molecule is CCCCCC/C=C\C/C=C\CCCCCCCCCC(=O)OCC(COC(=O)CCCCCCCCCCCCCCC)OC(=O)CCCCCCC/C=C\CCCCCC. The van der Waals surface area contributed by atoms with E-state index in [2.05, 4.69) is 57.2 Å². The van der Waals surface area contributed by atoms with Gasteiger partial charge in [-0.3, -0.25) is 14.4 Å². The van der Waals surface area contributed by atoms with Crippen LogP contribution in [-0.4, -0.2) is 37.2 Å². The Morgan fingerprint density at radius 2 is 0.581 bits per heavy atom. The second-order valence-electron chi connectivity index (χ2n) is 18.1. The van der Waals surface area contributed by atoms with E-state index in [0.717, 1.165) is 77.0 Å². The molecule has 0 saturated heterocycles. The minimum atomic E-state index is -0.776. The number of carbonyl (C=O) groups excluding carboxylic acids is 3. The number of carbonyl (C=O) groups is 3. The Morgan fingerprint density at radius 3 is 0.919 bits per heavy atom. The van der Waals surface area contributed by atoms with Gasteiger partial charge >= 0.3 is 17.9 Å². The first kappa shape index (κ1) is 59.6. The minimum absolute atomic E-state index is 0.0749. The third-order valence-electron chi connectivity index (χ3n) is 11.9. The Balaban J connectivity index is 4.35. The molecule has 1 atom stereocenters. The van der Waals surface area contributed by atoms with Crippen LogP contribution < -0.4 is 0 Å². The molecule has 0 amide bonds. The van der Waals surface area contributed by atoms with Crippen molar-refractivity contribution in [1.82, 2.24) is 0 Å². The van der Waals surface area contributed by atoms with Crippen LogP contribution in [-0.2, 0) is 28.6 Å². The fourth-order valence-electron chi connectivity index (χ4n) is 7.76. The molecule has 0 bridgehead atoms. The van der Waals surface area contributed by atoms with Crippen LogP contribution in [0.15, 0.2) is 36.5 Å². The standard InChI is InChI=1S/C56H102O6/c1-4-7-10-13-16-19-22-25-26-27-28-29-32-34-37-40-43-46-49-55(58)61-52-53(62-56(59)50-47-44-41-38-35-31-24-21-18-15-12-9-6-3)51-60-54(57)48-45-42-39-36-33-30-23-20-17-14-11-8-5-2/h19,21-22,24,26-27,53H,4-18,20,23,25,28-52H2,1-3H3/b22-19-,24-21-,27-26-. The summed E-state index contributed by atoms with van der Waals surface area (Å²) >= 11 is 0. The highest BCUT2D eigenvalue weighted by Gasteiger charge is 2.19. The number of hydrogen-bond acceptors (Lipinski definition) is 6. The molecule has 6 nitrogen and oxygen atoms in total. The quantitative estimate of drug-likeness (QED) is 0.0262. The lowest BCUT2D eigenvalue weighted by atomic mass is 10.0. The molecule has 0 aliphatic carbocycles. The molecular formula is C56H102O6. The lowest BCUT2D eigenvalue weighted by molar-refractivity contribution is -0.167. The van der Waals surface area contributed by atoms with Crippen LogP contribution in [0.1, 0.15) is 284 Å². The summed E-state index contributed by atoms with van der Waals surface area (Å²) in [4.78, 5) is 38.0. The van der Waals surface area contributed by atoms with E-state index in [1.807, 2.05) is 0 Å². The van der Waals surface area contributed by atoms with Gasteiger partial charge in [0, 0.05) is 19.3 Å². The average molecular weight is 871 g/mol. The van der Waals surface area contributed by atoms with Gasteiger partial charge in [0.25, 0.3) is 0 Å². The third kappa shape index (κ3) is 48.7. The van der Waals surface area contributed by atoms with Gasteiger partial charge in [-0.15, -0.1) is 0 Å². The summed E-state index contributed by atoms with van der Waals surface area (Å²) < 4.78 is 16.8. The number of allylic oxidation sites excluding steroid dienone is 6. The van der Waals surface area contributed by atoms with Crippen LogP contribution in [0.5, 0.6) is 0 Å². The highest BCUT2D eigenvalue weighted by Crippen LogP contribution is 2.15. The molecule has 0 fully saturated rings. The Hall–Kier alpha value is -2.37. The molecule has 0 heterocycles. The second-order valence-corrected chi connectivity index (χ2v) is 18.1. The molecule has 0 aromatic heterocycles. The lowest BCUT2D eigenvalue weighted by Crippen LogP contribution is -2.30. The molecule has 0 saturated carbocycles. The largest absolute Gasteiger partial charge is 0.462 e. The van der Waals surface area contributed by atoms with Crippen LogP contribution in [0.2, 0.25) is 0 Å². The van der Waals surface area contributed by atoms with Crippen LogP contribution in [0, 0.1) is 0 Å². The minimum Gasteiger partial charge on any atom is -0.462 e. The summed E-state index contributed by atoms with van der Waals surface area (Å²) in [5.74, 6) is -0.880. The highest BCUT2D eigenvalue weighted by atomic mass is 16.6. The van der Waals surface area contributed by atoms with Crippen molar-refractivity contribution in [2.75, 3.05) is 13.2 Å². The van der Waals surface area contributed by atoms with Gasteiger partial charge in [0.2, 0.25) is 0 Å². The molecule has 0 N–H and O–H groups in total. The van der Waals surface area contributed by atoms with Crippen molar-refractivity contribution in [2.45, 2.75) is 290 Å². The summed E-state index contributed by atoms with van der Waals surface area (Å²) in [7, 11) is 0. The zero-order chi connectivity index (χ0) is 45.1.